The maximum atomic E-state index is 11.3. The fourth-order valence-corrected chi connectivity index (χ4v) is 1.34. The summed E-state index contributed by atoms with van der Waals surface area (Å²) in [6.07, 6.45) is 2.05. The number of rotatable bonds is 6. The number of carbonyl (C=O) groups is 1. The Kier molecular flexibility index (Phi) is 5.72. The SMILES string of the molecule is CCCCNC(=O)COc1cccc(Cl)c1. The van der Waals surface area contributed by atoms with Crippen molar-refractivity contribution in [3.8, 4) is 5.75 Å². The number of carbonyl (C=O) groups excluding carboxylic acids is 1. The highest BCUT2D eigenvalue weighted by molar-refractivity contribution is 6.30. The Hall–Kier alpha value is -1.22. The number of nitrogens with one attached hydrogen (secondary N) is 1. The summed E-state index contributed by atoms with van der Waals surface area (Å²) in [5, 5.41) is 3.37. The van der Waals surface area contributed by atoms with Crippen LogP contribution in [0.3, 0.4) is 0 Å². The number of benzene rings is 1. The number of amides is 1. The first-order valence-electron chi connectivity index (χ1n) is 5.37. The van der Waals surface area contributed by atoms with E-state index in [0.717, 1.165) is 12.8 Å². The monoisotopic (exact) mass is 241 g/mol. The van der Waals surface area contributed by atoms with Crippen LogP contribution in [0.5, 0.6) is 5.75 Å². The number of hydrogen-bond acceptors (Lipinski definition) is 2. The van der Waals surface area contributed by atoms with Gasteiger partial charge in [-0.25, -0.2) is 0 Å². The van der Waals surface area contributed by atoms with E-state index in [1.165, 1.54) is 0 Å². The Bertz CT molecular complexity index is 342. The summed E-state index contributed by atoms with van der Waals surface area (Å²) >= 11 is 5.78. The van der Waals surface area contributed by atoms with Gasteiger partial charge in [0.05, 0.1) is 0 Å². The Labute approximate surface area is 101 Å². The van der Waals surface area contributed by atoms with Gasteiger partial charge in [-0.2, -0.15) is 0 Å². The summed E-state index contributed by atoms with van der Waals surface area (Å²) < 4.78 is 5.28. The third-order valence-corrected chi connectivity index (χ3v) is 2.25. The Balaban J connectivity index is 2.26. The summed E-state index contributed by atoms with van der Waals surface area (Å²) in [5.41, 5.74) is 0. The van der Waals surface area contributed by atoms with Gasteiger partial charge in [0.1, 0.15) is 5.75 Å². The van der Waals surface area contributed by atoms with E-state index in [9.17, 15) is 4.79 Å². The van der Waals surface area contributed by atoms with E-state index in [2.05, 4.69) is 12.2 Å². The molecular weight excluding hydrogens is 226 g/mol. The minimum absolute atomic E-state index is 0.0318. The van der Waals surface area contributed by atoms with Crippen molar-refractivity contribution in [3.63, 3.8) is 0 Å². The molecule has 1 aromatic carbocycles. The van der Waals surface area contributed by atoms with Gasteiger partial charge in [-0.3, -0.25) is 4.79 Å². The lowest BCUT2D eigenvalue weighted by atomic mass is 10.3. The fourth-order valence-electron chi connectivity index (χ4n) is 1.16. The lowest BCUT2D eigenvalue weighted by Gasteiger charge is -2.07. The van der Waals surface area contributed by atoms with Crippen molar-refractivity contribution in [1.29, 1.82) is 0 Å². The summed E-state index contributed by atoms with van der Waals surface area (Å²) in [4.78, 5) is 11.3. The zero-order valence-corrected chi connectivity index (χ0v) is 10.1. The van der Waals surface area contributed by atoms with Crippen molar-refractivity contribution in [2.24, 2.45) is 0 Å². The van der Waals surface area contributed by atoms with Gasteiger partial charge in [0.25, 0.3) is 5.91 Å². The van der Waals surface area contributed by atoms with Crippen molar-refractivity contribution in [3.05, 3.63) is 29.3 Å². The molecule has 1 N–H and O–H groups in total. The molecular formula is C12H16ClNO2. The van der Waals surface area contributed by atoms with Crippen LogP contribution < -0.4 is 10.1 Å². The van der Waals surface area contributed by atoms with Crippen molar-refractivity contribution < 1.29 is 9.53 Å². The summed E-state index contributed by atoms with van der Waals surface area (Å²) in [5.74, 6) is 0.506. The summed E-state index contributed by atoms with van der Waals surface area (Å²) in [6.45, 7) is 2.81. The third-order valence-electron chi connectivity index (χ3n) is 2.02. The van der Waals surface area contributed by atoms with Crippen LogP contribution >= 0.6 is 11.6 Å². The van der Waals surface area contributed by atoms with Crippen LogP contribution in [0.15, 0.2) is 24.3 Å². The molecule has 3 nitrogen and oxygen atoms in total. The molecule has 4 heteroatoms. The van der Waals surface area contributed by atoms with E-state index in [4.69, 9.17) is 16.3 Å². The Morgan fingerprint density at radius 2 is 2.31 bits per heavy atom. The van der Waals surface area contributed by atoms with Gasteiger partial charge in [-0.05, 0) is 24.6 Å². The number of hydrogen-bond donors (Lipinski definition) is 1. The molecule has 0 aliphatic rings. The van der Waals surface area contributed by atoms with Gasteiger partial charge < -0.3 is 10.1 Å². The molecule has 0 unspecified atom stereocenters. The molecule has 0 heterocycles. The maximum Gasteiger partial charge on any atom is 0.257 e. The van der Waals surface area contributed by atoms with Gasteiger partial charge in [-0.15, -0.1) is 0 Å². The second-order valence-electron chi connectivity index (χ2n) is 3.45. The van der Waals surface area contributed by atoms with Crippen molar-refractivity contribution in [2.45, 2.75) is 19.8 Å². The van der Waals surface area contributed by atoms with E-state index in [-0.39, 0.29) is 12.5 Å². The van der Waals surface area contributed by atoms with Gasteiger partial charge in [-0.1, -0.05) is 31.0 Å². The van der Waals surface area contributed by atoms with E-state index >= 15 is 0 Å². The predicted octanol–water partition coefficient (Wildman–Crippen LogP) is 2.64. The Morgan fingerprint density at radius 3 is 3.00 bits per heavy atom. The minimum atomic E-state index is -0.103. The first kappa shape index (κ1) is 12.8. The zero-order valence-electron chi connectivity index (χ0n) is 9.33. The molecule has 1 aromatic rings. The number of halogens is 1. The molecule has 0 aliphatic carbocycles. The van der Waals surface area contributed by atoms with Crippen molar-refractivity contribution in [2.75, 3.05) is 13.2 Å². The molecule has 0 aromatic heterocycles. The topological polar surface area (TPSA) is 38.3 Å². The second-order valence-corrected chi connectivity index (χ2v) is 3.89. The highest BCUT2D eigenvalue weighted by Crippen LogP contribution is 2.16. The lowest BCUT2D eigenvalue weighted by Crippen LogP contribution is -2.29. The fraction of sp³-hybridized carbons (Fsp3) is 0.417. The highest BCUT2D eigenvalue weighted by atomic mass is 35.5. The number of unbranched alkanes of at least 4 members (excludes halogenated alkanes) is 1. The molecule has 1 rings (SSSR count). The normalized spacial score (nSPS) is 9.88. The van der Waals surface area contributed by atoms with E-state index in [1.54, 1.807) is 24.3 Å². The quantitative estimate of drug-likeness (QED) is 0.778. The smallest absolute Gasteiger partial charge is 0.257 e. The number of ether oxygens (including phenoxy) is 1. The average molecular weight is 242 g/mol. The van der Waals surface area contributed by atoms with Crippen LogP contribution in [0, 0.1) is 0 Å². The van der Waals surface area contributed by atoms with Crippen molar-refractivity contribution in [1.82, 2.24) is 5.32 Å². The molecule has 0 atom stereocenters. The second kappa shape index (κ2) is 7.12. The Morgan fingerprint density at radius 1 is 1.50 bits per heavy atom. The third kappa shape index (κ3) is 5.03. The van der Waals surface area contributed by atoms with Crippen LogP contribution in [0.2, 0.25) is 5.02 Å². The van der Waals surface area contributed by atoms with Crippen molar-refractivity contribution >= 4 is 17.5 Å². The van der Waals surface area contributed by atoms with Crippen LogP contribution in [0.1, 0.15) is 19.8 Å². The first-order valence-corrected chi connectivity index (χ1v) is 5.75. The maximum absolute atomic E-state index is 11.3. The van der Waals surface area contributed by atoms with Crippen LogP contribution in [0.25, 0.3) is 0 Å². The van der Waals surface area contributed by atoms with Crippen LogP contribution in [0.4, 0.5) is 0 Å². The van der Waals surface area contributed by atoms with Crippen LogP contribution in [-0.4, -0.2) is 19.1 Å². The van der Waals surface area contributed by atoms with Gasteiger partial charge in [0.15, 0.2) is 6.61 Å². The average Bonchev–Trinajstić information content (AvgIpc) is 2.27. The largest absolute Gasteiger partial charge is 0.484 e. The van der Waals surface area contributed by atoms with E-state index < -0.39 is 0 Å². The molecule has 0 fully saturated rings. The van der Waals surface area contributed by atoms with Gasteiger partial charge >= 0.3 is 0 Å². The van der Waals surface area contributed by atoms with E-state index in [1.807, 2.05) is 0 Å². The summed E-state index contributed by atoms with van der Waals surface area (Å²) in [6, 6.07) is 6.99. The molecule has 0 spiro atoms. The summed E-state index contributed by atoms with van der Waals surface area (Å²) in [7, 11) is 0. The molecule has 0 bridgehead atoms. The molecule has 1 amide bonds. The molecule has 0 aliphatic heterocycles. The van der Waals surface area contributed by atoms with Crippen LogP contribution in [-0.2, 0) is 4.79 Å². The molecule has 16 heavy (non-hydrogen) atoms. The van der Waals surface area contributed by atoms with Gasteiger partial charge in [0.2, 0.25) is 0 Å². The molecule has 0 saturated heterocycles. The molecule has 0 radical (unpaired) electrons. The molecule has 0 saturated carbocycles. The highest BCUT2D eigenvalue weighted by Gasteiger charge is 2.01. The zero-order chi connectivity index (χ0) is 11.8. The minimum Gasteiger partial charge on any atom is -0.484 e. The lowest BCUT2D eigenvalue weighted by molar-refractivity contribution is -0.123. The standard InChI is InChI=1S/C12H16ClNO2/c1-2-3-7-14-12(15)9-16-11-6-4-5-10(13)8-11/h4-6,8H,2-3,7,9H2,1H3,(H,14,15). The van der Waals surface area contributed by atoms with E-state index in [0.29, 0.717) is 17.3 Å². The molecule has 88 valence electrons. The van der Waals surface area contributed by atoms with Gasteiger partial charge in [0, 0.05) is 11.6 Å². The predicted molar refractivity (Wildman–Crippen MR) is 64.9 cm³/mol. The first-order chi connectivity index (χ1) is 7.72.